The molecule has 0 saturated carbocycles. The molecular weight excluding hydrogens is 472 g/mol. The van der Waals surface area contributed by atoms with E-state index in [9.17, 15) is 24.8 Å². The summed E-state index contributed by atoms with van der Waals surface area (Å²) in [4.78, 5) is 38.8. The lowest BCUT2D eigenvalue weighted by Gasteiger charge is -2.27. The molecule has 1 N–H and O–H groups in total. The molecule has 1 aliphatic heterocycles. The third kappa shape index (κ3) is 4.95. The number of Topliss-reactive ketones (excluding diaryl/α,β-unsaturated/α-hetero) is 1. The molecule has 3 aromatic rings. The highest BCUT2D eigenvalue weighted by Gasteiger charge is 2.47. The van der Waals surface area contributed by atoms with Gasteiger partial charge in [0.25, 0.3) is 17.4 Å². The van der Waals surface area contributed by atoms with Gasteiger partial charge in [0.15, 0.2) is 0 Å². The predicted octanol–water partition coefficient (Wildman–Crippen LogP) is 5.92. The number of nitro groups is 1. The molecule has 1 atom stereocenters. The predicted molar refractivity (Wildman–Crippen MR) is 141 cm³/mol. The number of nitrogens with zero attached hydrogens (tertiary/aromatic N) is 2. The van der Waals surface area contributed by atoms with Gasteiger partial charge in [-0.15, -0.1) is 0 Å². The standard InChI is InChI=1S/C29H28N2O6/c1-5-37-23-11-7-9-21(17-23)30-25(18-12-14-20(15-13-18)29(2,3)4)24(27(33)28(30)34)26(32)19-8-6-10-22(16-19)31(35)36/h6-17,25,32H,5H2,1-4H3/b26-24-. The summed E-state index contributed by atoms with van der Waals surface area (Å²) in [6, 6.07) is 18.7. The van der Waals surface area contributed by atoms with Crippen LogP contribution in [0, 0.1) is 10.1 Å². The number of anilines is 1. The molecule has 1 fully saturated rings. The monoisotopic (exact) mass is 500 g/mol. The van der Waals surface area contributed by atoms with Gasteiger partial charge in [-0.1, -0.05) is 63.2 Å². The van der Waals surface area contributed by atoms with E-state index in [4.69, 9.17) is 4.74 Å². The van der Waals surface area contributed by atoms with Crippen LogP contribution in [0.5, 0.6) is 5.75 Å². The number of ether oxygens (including phenoxy) is 1. The second-order valence-electron chi connectivity index (χ2n) is 9.78. The number of nitro benzene ring substituents is 1. The van der Waals surface area contributed by atoms with Crippen LogP contribution in [-0.2, 0) is 15.0 Å². The number of aliphatic hydroxyl groups is 1. The summed E-state index contributed by atoms with van der Waals surface area (Å²) in [7, 11) is 0. The van der Waals surface area contributed by atoms with E-state index < -0.39 is 28.4 Å². The van der Waals surface area contributed by atoms with Crippen LogP contribution in [-0.4, -0.2) is 28.3 Å². The lowest BCUT2D eigenvalue weighted by Crippen LogP contribution is -2.29. The molecule has 1 amide bonds. The topological polar surface area (TPSA) is 110 Å². The van der Waals surface area contributed by atoms with E-state index in [1.54, 1.807) is 24.3 Å². The van der Waals surface area contributed by atoms with Crippen molar-refractivity contribution in [2.75, 3.05) is 11.5 Å². The molecule has 0 aliphatic carbocycles. The van der Waals surface area contributed by atoms with Crippen molar-refractivity contribution >= 4 is 28.8 Å². The smallest absolute Gasteiger partial charge is 0.300 e. The first kappa shape index (κ1) is 25.6. The SMILES string of the molecule is CCOc1cccc(N2C(=O)C(=O)/C(=C(\O)c3cccc([N+](=O)[O-])c3)C2c2ccc(C(C)(C)C)cc2)c1. The molecule has 0 spiro atoms. The summed E-state index contributed by atoms with van der Waals surface area (Å²) in [6.45, 7) is 8.50. The largest absolute Gasteiger partial charge is 0.507 e. The maximum Gasteiger partial charge on any atom is 0.300 e. The molecule has 0 bridgehead atoms. The Kier molecular flexibility index (Phi) is 6.85. The second kappa shape index (κ2) is 9.89. The number of amides is 1. The van der Waals surface area contributed by atoms with Crippen LogP contribution in [0.3, 0.4) is 0 Å². The van der Waals surface area contributed by atoms with E-state index in [1.807, 2.05) is 31.2 Å². The molecule has 0 aromatic heterocycles. The van der Waals surface area contributed by atoms with Crippen molar-refractivity contribution in [1.29, 1.82) is 0 Å². The summed E-state index contributed by atoms with van der Waals surface area (Å²) >= 11 is 0. The van der Waals surface area contributed by atoms with E-state index in [2.05, 4.69) is 20.8 Å². The Morgan fingerprint density at radius 1 is 1.03 bits per heavy atom. The normalized spacial score (nSPS) is 17.2. The van der Waals surface area contributed by atoms with Crippen LogP contribution >= 0.6 is 0 Å². The lowest BCUT2D eigenvalue weighted by atomic mass is 9.85. The minimum atomic E-state index is -0.954. The number of hydrogen-bond donors (Lipinski definition) is 1. The zero-order valence-corrected chi connectivity index (χ0v) is 21.1. The molecule has 8 nitrogen and oxygen atoms in total. The van der Waals surface area contributed by atoms with Crippen molar-refractivity contribution in [3.8, 4) is 5.75 Å². The Morgan fingerprint density at radius 2 is 1.70 bits per heavy atom. The number of benzene rings is 3. The van der Waals surface area contributed by atoms with Gasteiger partial charge in [0.2, 0.25) is 0 Å². The van der Waals surface area contributed by atoms with Gasteiger partial charge in [0, 0.05) is 29.4 Å². The quantitative estimate of drug-likeness (QED) is 0.148. The first-order valence-electron chi connectivity index (χ1n) is 11.9. The van der Waals surface area contributed by atoms with Crippen molar-refractivity contribution in [3.05, 3.63) is 105 Å². The van der Waals surface area contributed by atoms with Gasteiger partial charge in [-0.05, 0) is 35.6 Å². The van der Waals surface area contributed by atoms with Crippen molar-refractivity contribution in [1.82, 2.24) is 0 Å². The molecular formula is C29H28N2O6. The van der Waals surface area contributed by atoms with Crippen molar-refractivity contribution in [2.45, 2.75) is 39.2 Å². The fourth-order valence-corrected chi connectivity index (χ4v) is 4.39. The van der Waals surface area contributed by atoms with Gasteiger partial charge < -0.3 is 9.84 Å². The molecule has 1 aliphatic rings. The second-order valence-corrected chi connectivity index (χ2v) is 9.78. The minimum Gasteiger partial charge on any atom is -0.507 e. The van der Waals surface area contributed by atoms with Crippen LogP contribution < -0.4 is 9.64 Å². The third-order valence-corrected chi connectivity index (χ3v) is 6.27. The molecule has 37 heavy (non-hydrogen) atoms. The van der Waals surface area contributed by atoms with Crippen LogP contribution in [0.15, 0.2) is 78.4 Å². The molecule has 3 aromatic carbocycles. The highest BCUT2D eigenvalue weighted by Crippen LogP contribution is 2.43. The van der Waals surface area contributed by atoms with E-state index >= 15 is 0 Å². The number of carbonyl (C=O) groups excluding carboxylic acids is 2. The van der Waals surface area contributed by atoms with Crippen molar-refractivity contribution < 1.29 is 24.4 Å². The number of non-ortho nitro benzene ring substituents is 1. The van der Waals surface area contributed by atoms with Crippen molar-refractivity contribution in [2.24, 2.45) is 0 Å². The van der Waals surface area contributed by atoms with E-state index in [0.29, 0.717) is 23.6 Å². The number of aliphatic hydroxyl groups excluding tert-OH is 1. The van der Waals surface area contributed by atoms with Gasteiger partial charge >= 0.3 is 0 Å². The third-order valence-electron chi connectivity index (χ3n) is 6.27. The lowest BCUT2D eigenvalue weighted by molar-refractivity contribution is -0.384. The highest BCUT2D eigenvalue weighted by atomic mass is 16.6. The number of rotatable bonds is 6. The molecule has 8 heteroatoms. The number of carbonyl (C=O) groups is 2. The summed E-state index contributed by atoms with van der Waals surface area (Å²) in [5.74, 6) is -1.64. The summed E-state index contributed by atoms with van der Waals surface area (Å²) in [6.07, 6.45) is 0. The maximum atomic E-state index is 13.4. The number of ketones is 1. The van der Waals surface area contributed by atoms with E-state index in [0.717, 1.165) is 5.56 Å². The van der Waals surface area contributed by atoms with Gasteiger partial charge in [0.05, 0.1) is 23.1 Å². The van der Waals surface area contributed by atoms with Gasteiger partial charge in [-0.25, -0.2) is 0 Å². The highest BCUT2D eigenvalue weighted by molar-refractivity contribution is 6.51. The Bertz CT molecular complexity index is 1400. The van der Waals surface area contributed by atoms with Gasteiger partial charge in [-0.2, -0.15) is 0 Å². The Morgan fingerprint density at radius 3 is 2.32 bits per heavy atom. The minimum absolute atomic E-state index is 0.0755. The average molecular weight is 501 g/mol. The van der Waals surface area contributed by atoms with E-state index in [1.165, 1.54) is 29.2 Å². The van der Waals surface area contributed by atoms with E-state index in [-0.39, 0.29) is 22.2 Å². The fraction of sp³-hybridized carbons (Fsp3) is 0.241. The first-order chi connectivity index (χ1) is 17.5. The molecule has 0 radical (unpaired) electrons. The molecule has 190 valence electrons. The van der Waals surface area contributed by atoms with Crippen LogP contribution in [0.1, 0.15) is 50.4 Å². The van der Waals surface area contributed by atoms with Gasteiger partial charge in [-0.3, -0.25) is 24.6 Å². The zero-order chi connectivity index (χ0) is 26.9. The summed E-state index contributed by atoms with van der Waals surface area (Å²) in [5, 5.41) is 22.6. The van der Waals surface area contributed by atoms with Gasteiger partial charge in [0.1, 0.15) is 11.5 Å². The Hall–Kier alpha value is -4.46. The fourth-order valence-electron chi connectivity index (χ4n) is 4.39. The Balaban J connectivity index is 1.93. The molecule has 4 rings (SSSR count). The zero-order valence-electron chi connectivity index (χ0n) is 21.1. The molecule has 1 saturated heterocycles. The van der Waals surface area contributed by atoms with Crippen LogP contribution in [0.25, 0.3) is 5.76 Å². The molecule has 1 heterocycles. The van der Waals surface area contributed by atoms with Crippen molar-refractivity contribution in [3.63, 3.8) is 0 Å². The maximum absolute atomic E-state index is 13.4. The molecule has 1 unspecified atom stereocenters. The first-order valence-corrected chi connectivity index (χ1v) is 11.9. The average Bonchev–Trinajstić information content (AvgIpc) is 3.14. The van der Waals surface area contributed by atoms with Crippen LogP contribution in [0.2, 0.25) is 0 Å². The number of hydrogen-bond acceptors (Lipinski definition) is 6. The summed E-state index contributed by atoms with van der Waals surface area (Å²) < 4.78 is 5.59. The van der Waals surface area contributed by atoms with Crippen LogP contribution in [0.4, 0.5) is 11.4 Å². The Labute approximate surface area is 215 Å². The summed E-state index contributed by atoms with van der Waals surface area (Å²) in [5.41, 5.74) is 1.67.